The molecule has 4 nitrogen and oxygen atoms in total. The summed E-state index contributed by atoms with van der Waals surface area (Å²) in [5, 5.41) is 3.01. The molecule has 0 aromatic heterocycles. The Morgan fingerprint density at radius 1 is 1.22 bits per heavy atom. The van der Waals surface area contributed by atoms with Crippen molar-refractivity contribution < 1.29 is 9.53 Å². The molecule has 0 radical (unpaired) electrons. The molecular weight excluding hydrogens is 336 g/mol. The van der Waals surface area contributed by atoms with Gasteiger partial charge in [-0.2, -0.15) is 0 Å². The molecule has 1 N–H and O–H groups in total. The molecule has 4 heteroatoms. The number of carbonyl (C=O) groups excluding carboxylic acids is 1. The number of hydrogen-bond donors (Lipinski definition) is 1. The molecule has 2 aromatic carbocycles. The molecule has 1 aliphatic heterocycles. The Labute approximate surface area is 162 Å². The van der Waals surface area contributed by atoms with Crippen LogP contribution in [0.15, 0.2) is 42.5 Å². The minimum absolute atomic E-state index is 0.0601. The summed E-state index contributed by atoms with van der Waals surface area (Å²) in [6.07, 6.45) is 2.59. The van der Waals surface area contributed by atoms with Crippen molar-refractivity contribution in [2.24, 2.45) is 5.92 Å². The molecule has 144 valence electrons. The van der Waals surface area contributed by atoms with Gasteiger partial charge in [-0.3, -0.25) is 4.79 Å². The summed E-state index contributed by atoms with van der Waals surface area (Å²) in [7, 11) is 0. The zero-order chi connectivity index (χ0) is 19.2. The summed E-state index contributed by atoms with van der Waals surface area (Å²) in [6.45, 7) is 9.66. The fourth-order valence-corrected chi connectivity index (χ4v) is 3.64. The van der Waals surface area contributed by atoms with Crippen LogP contribution in [0.3, 0.4) is 0 Å². The van der Waals surface area contributed by atoms with Gasteiger partial charge in [-0.05, 0) is 74.1 Å². The van der Waals surface area contributed by atoms with Crippen molar-refractivity contribution in [2.45, 2.75) is 40.2 Å². The average molecular weight is 367 g/mol. The highest BCUT2D eigenvalue weighted by Crippen LogP contribution is 2.23. The second kappa shape index (κ2) is 8.94. The third kappa shape index (κ3) is 5.03. The van der Waals surface area contributed by atoms with E-state index in [9.17, 15) is 4.79 Å². The Hall–Kier alpha value is -2.49. The number of amides is 1. The van der Waals surface area contributed by atoms with Gasteiger partial charge in [0.1, 0.15) is 5.75 Å². The minimum atomic E-state index is -0.0601. The first-order valence-electron chi connectivity index (χ1n) is 9.92. The molecule has 1 atom stereocenters. The van der Waals surface area contributed by atoms with Gasteiger partial charge in [0, 0.05) is 30.9 Å². The topological polar surface area (TPSA) is 41.6 Å². The first-order chi connectivity index (χ1) is 13.1. The first-order valence-corrected chi connectivity index (χ1v) is 9.92. The molecule has 0 aliphatic carbocycles. The summed E-state index contributed by atoms with van der Waals surface area (Å²) < 4.78 is 5.53. The van der Waals surface area contributed by atoms with Crippen molar-refractivity contribution in [3.05, 3.63) is 59.2 Å². The minimum Gasteiger partial charge on any atom is -0.494 e. The third-order valence-corrected chi connectivity index (χ3v) is 5.15. The molecule has 1 fully saturated rings. The molecule has 3 rings (SSSR count). The molecule has 27 heavy (non-hydrogen) atoms. The number of aryl methyl sites for hydroxylation is 1. The molecule has 1 aliphatic rings. The van der Waals surface area contributed by atoms with E-state index in [2.05, 4.69) is 41.4 Å². The van der Waals surface area contributed by atoms with Crippen LogP contribution in [0.25, 0.3) is 0 Å². The highest BCUT2D eigenvalue weighted by Gasteiger charge is 2.16. The Balaban J connectivity index is 1.56. The van der Waals surface area contributed by atoms with E-state index in [-0.39, 0.29) is 5.91 Å². The van der Waals surface area contributed by atoms with Crippen molar-refractivity contribution in [3.63, 3.8) is 0 Å². The zero-order valence-electron chi connectivity index (χ0n) is 16.6. The van der Waals surface area contributed by atoms with Crippen LogP contribution in [0, 0.1) is 12.8 Å². The second-order valence-electron chi connectivity index (χ2n) is 7.46. The molecule has 0 unspecified atom stereocenters. The quantitative estimate of drug-likeness (QED) is 0.815. The zero-order valence-corrected chi connectivity index (χ0v) is 16.6. The first kappa shape index (κ1) is 19.3. The van der Waals surface area contributed by atoms with Crippen LogP contribution in [0.5, 0.6) is 5.75 Å². The molecule has 1 heterocycles. The van der Waals surface area contributed by atoms with Gasteiger partial charge in [-0.1, -0.05) is 19.1 Å². The van der Waals surface area contributed by atoms with E-state index in [0.29, 0.717) is 18.7 Å². The fourth-order valence-electron chi connectivity index (χ4n) is 3.64. The van der Waals surface area contributed by atoms with Crippen molar-refractivity contribution in [1.29, 1.82) is 0 Å². The molecule has 0 bridgehead atoms. The number of nitrogens with zero attached hydrogens (tertiary/aromatic N) is 1. The number of piperidine rings is 1. The molecule has 0 spiro atoms. The second-order valence-corrected chi connectivity index (χ2v) is 7.46. The average Bonchev–Trinajstić information content (AvgIpc) is 2.68. The summed E-state index contributed by atoms with van der Waals surface area (Å²) in [6, 6.07) is 14.1. The van der Waals surface area contributed by atoms with Gasteiger partial charge in [-0.15, -0.1) is 0 Å². The largest absolute Gasteiger partial charge is 0.494 e. The van der Waals surface area contributed by atoms with E-state index in [1.54, 1.807) is 0 Å². The number of anilines is 1. The number of carbonyl (C=O) groups is 1. The van der Waals surface area contributed by atoms with Crippen molar-refractivity contribution in [3.8, 4) is 5.75 Å². The monoisotopic (exact) mass is 366 g/mol. The van der Waals surface area contributed by atoms with Gasteiger partial charge in [0.2, 0.25) is 0 Å². The number of ether oxygens (including phenoxy) is 1. The highest BCUT2D eigenvalue weighted by molar-refractivity contribution is 5.94. The lowest BCUT2D eigenvalue weighted by Crippen LogP contribution is -2.34. The maximum Gasteiger partial charge on any atom is 0.251 e. The lowest BCUT2D eigenvalue weighted by molar-refractivity contribution is 0.0951. The molecule has 1 saturated heterocycles. The Morgan fingerprint density at radius 2 is 2.00 bits per heavy atom. The highest BCUT2D eigenvalue weighted by atomic mass is 16.5. The smallest absolute Gasteiger partial charge is 0.251 e. The lowest BCUT2D eigenvalue weighted by atomic mass is 9.99. The maximum atomic E-state index is 12.4. The van der Waals surface area contributed by atoms with E-state index in [1.807, 2.05) is 32.0 Å². The van der Waals surface area contributed by atoms with Crippen LogP contribution in [-0.2, 0) is 6.54 Å². The van der Waals surface area contributed by atoms with Crippen molar-refractivity contribution in [2.75, 3.05) is 24.6 Å². The fraction of sp³-hybridized carbons (Fsp3) is 0.435. The van der Waals surface area contributed by atoms with Crippen molar-refractivity contribution in [1.82, 2.24) is 5.32 Å². The van der Waals surface area contributed by atoms with Gasteiger partial charge < -0.3 is 15.0 Å². The van der Waals surface area contributed by atoms with Gasteiger partial charge in [-0.25, -0.2) is 0 Å². The van der Waals surface area contributed by atoms with E-state index >= 15 is 0 Å². The van der Waals surface area contributed by atoms with Crippen LogP contribution in [0.4, 0.5) is 5.69 Å². The Kier molecular flexibility index (Phi) is 6.38. The van der Waals surface area contributed by atoms with Gasteiger partial charge in [0.05, 0.1) is 6.61 Å². The van der Waals surface area contributed by atoms with Crippen LogP contribution < -0.4 is 15.0 Å². The van der Waals surface area contributed by atoms with E-state index in [0.717, 1.165) is 35.9 Å². The summed E-state index contributed by atoms with van der Waals surface area (Å²) in [5.74, 6) is 1.53. The standard InChI is InChI=1S/C23H30N2O2/c1-4-27-22-12-9-20(14-18(22)3)23(26)24-15-19-7-10-21(11-8-19)25-13-5-6-17(2)16-25/h7-12,14,17H,4-6,13,15-16H2,1-3H3,(H,24,26)/t17-/m1/s1. The number of rotatable bonds is 6. The molecule has 1 amide bonds. The SMILES string of the molecule is CCOc1ccc(C(=O)NCc2ccc(N3CCC[C@@H](C)C3)cc2)cc1C. The summed E-state index contributed by atoms with van der Waals surface area (Å²) >= 11 is 0. The van der Waals surface area contributed by atoms with E-state index in [1.165, 1.54) is 18.5 Å². The molecular formula is C23H30N2O2. The lowest BCUT2D eigenvalue weighted by Gasteiger charge is -2.32. The predicted octanol–water partition coefficient (Wildman–Crippen LogP) is 4.56. The summed E-state index contributed by atoms with van der Waals surface area (Å²) in [5.41, 5.74) is 4.03. The van der Waals surface area contributed by atoms with Gasteiger partial charge >= 0.3 is 0 Å². The summed E-state index contributed by atoms with van der Waals surface area (Å²) in [4.78, 5) is 14.9. The van der Waals surface area contributed by atoms with Gasteiger partial charge in [0.25, 0.3) is 5.91 Å². The van der Waals surface area contributed by atoms with Crippen LogP contribution in [0.2, 0.25) is 0 Å². The normalized spacial score (nSPS) is 16.9. The number of nitrogens with one attached hydrogen (secondary N) is 1. The number of hydrogen-bond acceptors (Lipinski definition) is 3. The maximum absolute atomic E-state index is 12.4. The Morgan fingerprint density at radius 3 is 2.67 bits per heavy atom. The molecule has 2 aromatic rings. The Bertz CT molecular complexity index is 770. The van der Waals surface area contributed by atoms with Crippen LogP contribution >= 0.6 is 0 Å². The van der Waals surface area contributed by atoms with Crippen molar-refractivity contribution >= 4 is 11.6 Å². The third-order valence-electron chi connectivity index (χ3n) is 5.15. The van der Waals surface area contributed by atoms with E-state index in [4.69, 9.17) is 4.74 Å². The van der Waals surface area contributed by atoms with Crippen LogP contribution in [-0.4, -0.2) is 25.6 Å². The molecule has 0 saturated carbocycles. The van der Waals surface area contributed by atoms with E-state index < -0.39 is 0 Å². The van der Waals surface area contributed by atoms with Gasteiger partial charge in [0.15, 0.2) is 0 Å². The predicted molar refractivity (Wildman–Crippen MR) is 111 cm³/mol. The van der Waals surface area contributed by atoms with Crippen LogP contribution in [0.1, 0.15) is 48.2 Å². The number of benzene rings is 2.